The lowest BCUT2D eigenvalue weighted by Crippen LogP contribution is -2.08. The van der Waals surface area contributed by atoms with E-state index in [1.165, 1.54) is 19.2 Å². The van der Waals surface area contributed by atoms with Gasteiger partial charge in [0.25, 0.3) is 0 Å². The van der Waals surface area contributed by atoms with Crippen LogP contribution in [0.5, 0.6) is 5.75 Å². The number of aromatic nitrogens is 1. The van der Waals surface area contributed by atoms with Crippen molar-refractivity contribution in [1.29, 1.82) is 0 Å². The first-order valence-corrected chi connectivity index (χ1v) is 6.06. The third kappa shape index (κ3) is 3.88. The largest absolute Gasteiger partial charge is 0.423 e. The number of nitrogens with zero attached hydrogens (tertiary/aromatic N) is 1. The van der Waals surface area contributed by atoms with Gasteiger partial charge in [-0.1, -0.05) is 18.2 Å². The number of carbonyl (C=O) groups is 2. The molecule has 0 spiro atoms. The van der Waals surface area contributed by atoms with Crippen molar-refractivity contribution in [2.75, 3.05) is 0 Å². The average molecular weight is 267 g/mol. The molecule has 0 fully saturated rings. The zero-order valence-electron chi connectivity index (χ0n) is 10.9. The van der Waals surface area contributed by atoms with E-state index >= 15 is 0 Å². The van der Waals surface area contributed by atoms with Gasteiger partial charge in [0, 0.05) is 12.4 Å². The van der Waals surface area contributed by atoms with Gasteiger partial charge in [-0.05, 0) is 42.8 Å². The van der Waals surface area contributed by atoms with E-state index in [2.05, 4.69) is 4.98 Å². The molecule has 4 nitrogen and oxygen atoms in total. The predicted molar refractivity (Wildman–Crippen MR) is 75.4 cm³/mol. The molecule has 0 saturated carbocycles. The van der Waals surface area contributed by atoms with Crippen LogP contribution in [0.3, 0.4) is 0 Å². The van der Waals surface area contributed by atoms with E-state index in [4.69, 9.17) is 4.74 Å². The molecule has 1 aromatic heterocycles. The van der Waals surface area contributed by atoms with Crippen molar-refractivity contribution in [3.05, 3.63) is 66.0 Å². The molecule has 2 rings (SSSR count). The van der Waals surface area contributed by atoms with Crippen LogP contribution < -0.4 is 4.74 Å². The summed E-state index contributed by atoms with van der Waals surface area (Å²) in [6.45, 7) is 1.49. The number of carbonyl (C=O) groups excluding carboxylic acids is 2. The molecule has 20 heavy (non-hydrogen) atoms. The van der Waals surface area contributed by atoms with Crippen LogP contribution in [-0.2, 0) is 4.79 Å². The molecule has 0 atom stereocenters. The van der Waals surface area contributed by atoms with Gasteiger partial charge in [0.2, 0.25) is 0 Å². The summed E-state index contributed by atoms with van der Waals surface area (Å²) in [5.41, 5.74) is 1.26. The van der Waals surface area contributed by atoms with E-state index in [1.807, 2.05) is 0 Å². The first-order valence-electron chi connectivity index (χ1n) is 6.06. The lowest BCUT2D eigenvalue weighted by atomic mass is 10.2. The minimum atomic E-state index is -0.454. The molecule has 0 unspecified atom stereocenters. The molecular weight excluding hydrogens is 254 g/mol. The molecule has 1 aromatic carbocycles. The van der Waals surface area contributed by atoms with Gasteiger partial charge in [-0.2, -0.15) is 0 Å². The first kappa shape index (κ1) is 13.7. The highest BCUT2D eigenvalue weighted by Gasteiger charge is 2.07. The number of hydrogen-bond acceptors (Lipinski definition) is 4. The van der Waals surface area contributed by atoms with Crippen LogP contribution in [0.2, 0.25) is 0 Å². The standard InChI is InChI=1S/C16H13NO3/c1-12(18)4-5-13-6-8-15(9-7-13)20-16(19)14-3-2-10-17-11-14/h2-11H,1H3/b5-4-. The molecule has 0 amide bonds. The van der Waals surface area contributed by atoms with Crippen LogP contribution in [-0.4, -0.2) is 16.7 Å². The van der Waals surface area contributed by atoms with Crippen LogP contribution in [0.4, 0.5) is 0 Å². The van der Waals surface area contributed by atoms with E-state index in [-0.39, 0.29) is 5.78 Å². The van der Waals surface area contributed by atoms with Crippen molar-refractivity contribution in [2.45, 2.75) is 6.92 Å². The van der Waals surface area contributed by atoms with Crippen molar-refractivity contribution in [3.8, 4) is 5.75 Å². The Kier molecular flexibility index (Phi) is 4.39. The lowest BCUT2D eigenvalue weighted by Gasteiger charge is -2.04. The zero-order valence-corrected chi connectivity index (χ0v) is 10.9. The second kappa shape index (κ2) is 6.43. The summed E-state index contributed by atoms with van der Waals surface area (Å²) in [6.07, 6.45) is 6.23. The van der Waals surface area contributed by atoms with Gasteiger partial charge in [0.15, 0.2) is 5.78 Å². The van der Waals surface area contributed by atoms with Crippen LogP contribution in [0.15, 0.2) is 54.9 Å². The molecule has 0 aliphatic rings. The van der Waals surface area contributed by atoms with E-state index in [0.717, 1.165) is 5.56 Å². The molecule has 0 aliphatic carbocycles. The molecule has 0 bridgehead atoms. The molecular formula is C16H13NO3. The Morgan fingerprint density at radius 1 is 1.15 bits per heavy atom. The van der Waals surface area contributed by atoms with Crippen LogP contribution in [0, 0.1) is 0 Å². The summed E-state index contributed by atoms with van der Waals surface area (Å²) in [6, 6.07) is 10.2. The Balaban J connectivity index is 2.04. The van der Waals surface area contributed by atoms with Crippen LogP contribution in [0.25, 0.3) is 6.08 Å². The van der Waals surface area contributed by atoms with E-state index in [9.17, 15) is 9.59 Å². The molecule has 4 heteroatoms. The normalized spacial score (nSPS) is 10.4. The van der Waals surface area contributed by atoms with Gasteiger partial charge in [0.1, 0.15) is 5.75 Å². The zero-order chi connectivity index (χ0) is 14.4. The number of benzene rings is 1. The fourth-order valence-corrected chi connectivity index (χ4v) is 1.51. The van der Waals surface area contributed by atoms with Crippen molar-refractivity contribution >= 4 is 17.8 Å². The number of esters is 1. The molecule has 0 saturated heterocycles. The molecule has 1 heterocycles. The summed E-state index contributed by atoms with van der Waals surface area (Å²) in [5, 5.41) is 0. The number of ether oxygens (including phenoxy) is 1. The third-order valence-corrected chi connectivity index (χ3v) is 2.50. The summed E-state index contributed by atoms with van der Waals surface area (Å²) in [5.74, 6) is -0.0268. The Morgan fingerprint density at radius 2 is 1.90 bits per heavy atom. The molecule has 0 radical (unpaired) electrons. The Labute approximate surface area is 116 Å². The second-order valence-corrected chi connectivity index (χ2v) is 4.14. The van der Waals surface area contributed by atoms with Gasteiger partial charge >= 0.3 is 5.97 Å². The van der Waals surface area contributed by atoms with Crippen molar-refractivity contribution in [1.82, 2.24) is 4.98 Å². The summed E-state index contributed by atoms with van der Waals surface area (Å²) in [4.78, 5) is 26.5. The van der Waals surface area contributed by atoms with Gasteiger partial charge in [-0.3, -0.25) is 9.78 Å². The van der Waals surface area contributed by atoms with Gasteiger partial charge < -0.3 is 4.74 Å². The van der Waals surface area contributed by atoms with E-state index in [0.29, 0.717) is 11.3 Å². The number of pyridine rings is 1. The van der Waals surface area contributed by atoms with Gasteiger partial charge in [-0.15, -0.1) is 0 Å². The molecule has 0 N–H and O–H groups in total. The fraction of sp³-hybridized carbons (Fsp3) is 0.0625. The average Bonchev–Trinajstić information content (AvgIpc) is 2.47. The lowest BCUT2D eigenvalue weighted by molar-refractivity contribution is -0.112. The molecule has 0 aliphatic heterocycles. The highest BCUT2D eigenvalue weighted by atomic mass is 16.5. The third-order valence-electron chi connectivity index (χ3n) is 2.50. The maximum atomic E-state index is 11.8. The maximum absolute atomic E-state index is 11.8. The van der Waals surface area contributed by atoms with Crippen molar-refractivity contribution in [3.63, 3.8) is 0 Å². The number of ketones is 1. The SMILES string of the molecule is CC(=O)/C=C\c1ccc(OC(=O)c2cccnc2)cc1. The Hall–Kier alpha value is -2.75. The topological polar surface area (TPSA) is 56.3 Å². The van der Waals surface area contributed by atoms with E-state index < -0.39 is 5.97 Å². The Bertz CT molecular complexity index is 631. The highest BCUT2D eigenvalue weighted by molar-refractivity contribution is 5.92. The van der Waals surface area contributed by atoms with Gasteiger partial charge in [0.05, 0.1) is 5.56 Å². The summed E-state index contributed by atoms with van der Waals surface area (Å²) >= 11 is 0. The Morgan fingerprint density at radius 3 is 2.50 bits per heavy atom. The minimum Gasteiger partial charge on any atom is -0.423 e. The molecule has 100 valence electrons. The predicted octanol–water partition coefficient (Wildman–Crippen LogP) is 2.90. The summed E-state index contributed by atoms with van der Waals surface area (Å²) < 4.78 is 5.21. The monoisotopic (exact) mass is 267 g/mol. The van der Waals surface area contributed by atoms with Crippen molar-refractivity contribution < 1.29 is 14.3 Å². The van der Waals surface area contributed by atoms with Crippen LogP contribution >= 0.6 is 0 Å². The van der Waals surface area contributed by atoms with E-state index in [1.54, 1.807) is 48.7 Å². The first-order chi connectivity index (χ1) is 9.65. The van der Waals surface area contributed by atoms with Crippen LogP contribution in [0.1, 0.15) is 22.8 Å². The maximum Gasteiger partial charge on any atom is 0.345 e. The van der Waals surface area contributed by atoms with Gasteiger partial charge in [-0.25, -0.2) is 4.79 Å². The second-order valence-electron chi connectivity index (χ2n) is 4.14. The summed E-state index contributed by atoms with van der Waals surface area (Å²) in [7, 11) is 0. The number of hydrogen-bond donors (Lipinski definition) is 0. The van der Waals surface area contributed by atoms with Crippen molar-refractivity contribution in [2.24, 2.45) is 0 Å². The fourth-order valence-electron chi connectivity index (χ4n) is 1.51. The highest BCUT2D eigenvalue weighted by Crippen LogP contribution is 2.15. The quantitative estimate of drug-likeness (QED) is 0.485. The number of allylic oxidation sites excluding steroid dienone is 1. The number of rotatable bonds is 4. The molecule has 2 aromatic rings. The minimum absolute atomic E-state index is 0.0166. The smallest absolute Gasteiger partial charge is 0.345 e.